The van der Waals surface area contributed by atoms with E-state index in [1.165, 1.54) is 24.1 Å². The molecule has 2 aliphatic heterocycles. The maximum Gasteiger partial charge on any atom is 0.122 e. The van der Waals surface area contributed by atoms with Crippen molar-refractivity contribution in [1.82, 2.24) is 4.90 Å². The number of rotatable bonds is 5. The van der Waals surface area contributed by atoms with Crippen LogP contribution in [0, 0.1) is 0 Å². The van der Waals surface area contributed by atoms with Crippen molar-refractivity contribution in [3.8, 4) is 5.75 Å². The number of methoxy groups -OCH3 is 1. The first-order valence-corrected chi connectivity index (χ1v) is 7.21. The molecule has 1 saturated heterocycles. The van der Waals surface area contributed by atoms with Crippen LogP contribution in [0.15, 0.2) is 18.2 Å². The Kier molecular flexibility index (Phi) is 3.50. The van der Waals surface area contributed by atoms with E-state index in [-0.39, 0.29) is 5.60 Å². The van der Waals surface area contributed by atoms with Crippen LogP contribution in [0.5, 0.6) is 5.75 Å². The van der Waals surface area contributed by atoms with Crippen molar-refractivity contribution in [1.29, 1.82) is 0 Å². The minimum atomic E-state index is 0.102. The van der Waals surface area contributed by atoms with Crippen molar-refractivity contribution in [3.63, 3.8) is 0 Å². The Labute approximate surface area is 115 Å². The molecule has 0 unspecified atom stereocenters. The second-order valence-electron chi connectivity index (χ2n) is 6.01. The highest BCUT2D eigenvalue weighted by Gasteiger charge is 2.37. The van der Waals surface area contributed by atoms with E-state index in [9.17, 15) is 0 Å². The van der Waals surface area contributed by atoms with Gasteiger partial charge < -0.3 is 9.47 Å². The van der Waals surface area contributed by atoms with Crippen LogP contribution in [0.3, 0.4) is 0 Å². The molecule has 0 saturated carbocycles. The minimum Gasteiger partial charge on any atom is -0.493 e. The Hall–Kier alpha value is -1.06. The fourth-order valence-corrected chi connectivity index (χ4v) is 3.09. The SMILES string of the molecule is COC1(C)CN(CCCc2ccc3c(c2)CCO3)C1. The summed E-state index contributed by atoms with van der Waals surface area (Å²) in [6.07, 6.45) is 3.45. The molecule has 0 atom stereocenters. The molecule has 0 aromatic heterocycles. The Balaban J connectivity index is 1.44. The highest BCUT2D eigenvalue weighted by molar-refractivity contribution is 5.39. The van der Waals surface area contributed by atoms with Gasteiger partial charge in [0.05, 0.1) is 12.2 Å². The topological polar surface area (TPSA) is 21.7 Å². The molecule has 1 aromatic rings. The molecule has 104 valence electrons. The molecular formula is C16H23NO2. The Bertz CT molecular complexity index is 452. The first-order valence-electron chi connectivity index (χ1n) is 7.21. The molecule has 0 aliphatic carbocycles. The molecule has 3 nitrogen and oxygen atoms in total. The van der Waals surface area contributed by atoms with Gasteiger partial charge in [0.25, 0.3) is 0 Å². The zero-order chi connectivity index (χ0) is 13.3. The highest BCUT2D eigenvalue weighted by Crippen LogP contribution is 2.27. The van der Waals surface area contributed by atoms with Crippen LogP contribution < -0.4 is 4.74 Å². The lowest BCUT2D eigenvalue weighted by molar-refractivity contribution is -0.110. The van der Waals surface area contributed by atoms with Crippen LogP contribution in [0.4, 0.5) is 0 Å². The van der Waals surface area contributed by atoms with Crippen LogP contribution in [0.25, 0.3) is 0 Å². The molecule has 19 heavy (non-hydrogen) atoms. The Morgan fingerprint density at radius 1 is 1.37 bits per heavy atom. The summed E-state index contributed by atoms with van der Waals surface area (Å²) in [5.41, 5.74) is 2.93. The largest absolute Gasteiger partial charge is 0.493 e. The molecule has 3 rings (SSSR count). The lowest BCUT2D eigenvalue weighted by Gasteiger charge is -2.47. The average molecular weight is 261 g/mol. The van der Waals surface area contributed by atoms with E-state index in [1.807, 2.05) is 7.11 Å². The monoisotopic (exact) mass is 261 g/mol. The molecule has 3 heteroatoms. The average Bonchev–Trinajstić information content (AvgIpc) is 2.83. The van der Waals surface area contributed by atoms with E-state index in [2.05, 4.69) is 30.0 Å². The van der Waals surface area contributed by atoms with Crippen LogP contribution in [0.1, 0.15) is 24.5 Å². The summed E-state index contributed by atoms with van der Waals surface area (Å²) < 4.78 is 11.0. The van der Waals surface area contributed by atoms with Gasteiger partial charge in [-0.1, -0.05) is 12.1 Å². The molecule has 1 fully saturated rings. The summed E-state index contributed by atoms with van der Waals surface area (Å²) in [5.74, 6) is 1.09. The van der Waals surface area contributed by atoms with Gasteiger partial charge in [-0.05, 0) is 43.5 Å². The molecular weight excluding hydrogens is 238 g/mol. The summed E-state index contributed by atoms with van der Waals surface area (Å²) in [7, 11) is 1.81. The standard InChI is InChI=1S/C16H23NO2/c1-16(18-2)11-17(12-16)8-3-4-13-5-6-15-14(10-13)7-9-19-15/h5-6,10H,3-4,7-9,11-12H2,1-2H3. The smallest absolute Gasteiger partial charge is 0.122 e. The number of ether oxygens (including phenoxy) is 2. The van der Waals surface area contributed by atoms with Crippen molar-refractivity contribution in [2.45, 2.75) is 31.8 Å². The molecule has 0 N–H and O–H groups in total. The summed E-state index contributed by atoms with van der Waals surface area (Å²) in [6, 6.07) is 6.65. The summed E-state index contributed by atoms with van der Waals surface area (Å²) in [6.45, 7) is 6.35. The predicted octanol–water partition coefficient (Wildman–Crippen LogP) is 2.27. The van der Waals surface area contributed by atoms with E-state index in [1.54, 1.807) is 0 Å². The third kappa shape index (κ3) is 2.77. The number of fused-ring (bicyclic) bond motifs is 1. The second-order valence-corrected chi connectivity index (χ2v) is 6.01. The Morgan fingerprint density at radius 3 is 3.00 bits per heavy atom. The highest BCUT2D eigenvalue weighted by atomic mass is 16.5. The normalized spacial score (nSPS) is 20.7. The van der Waals surface area contributed by atoms with Gasteiger partial charge in [0, 0.05) is 26.6 Å². The van der Waals surface area contributed by atoms with Crippen LogP contribution in [0.2, 0.25) is 0 Å². The molecule has 0 bridgehead atoms. The van der Waals surface area contributed by atoms with Gasteiger partial charge >= 0.3 is 0 Å². The molecule has 2 heterocycles. The van der Waals surface area contributed by atoms with Crippen molar-refractivity contribution in [2.75, 3.05) is 33.4 Å². The van der Waals surface area contributed by atoms with Crippen molar-refractivity contribution < 1.29 is 9.47 Å². The zero-order valence-corrected chi connectivity index (χ0v) is 11.9. The fourth-order valence-electron chi connectivity index (χ4n) is 3.09. The molecule has 1 aromatic carbocycles. The number of likely N-dealkylation sites (tertiary alicyclic amines) is 1. The van der Waals surface area contributed by atoms with Crippen molar-refractivity contribution >= 4 is 0 Å². The van der Waals surface area contributed by atoms with E-state index in [4.69, 9.17) is 9.47 Å². The maximum atomic E-state index is 5.54. The first-order chi connectivity index (χ1) is 9.18. The van der Waals surface area contributed by atoms with Gasteiger partial charge in [0.15, 0.2) is 0 Å². The van der Waals surface area contributed by atoms with Gasteiger partial charge in [0.1, 0.15) is 5.75 Å². The van der Waals surface area contributed by atoms with Crippen LogP contribution in [-0.4, -0.2) is 43.9 Å². The number of hydrogen-bond donors (Lipinski definition) is 0. The van der Waals surface area contributed by atoms with Crippen LogP contribution >= 0.6 is 0 Å². The second kappa shape index (κ2) is 5.14. The van der Waals surface area contributed by atoms with Gasteiger partial charge in [-0.3, -0.25) is 4.90 Å². The van der Waals surface area contributed by atoms with Gasteiger partial charge in [-0.2, -0.15) is 0 Å². The van der Waals surface area contributed by atoms with Gasteiger partial charge in [-0.25, -0.2) is 0 Å². The van der Waals surface area contributed by atoms with E-state index in [0.29, 0.717) is 0 Å². The number of benzene rings is 1. The molecule has 0 amide bonds. The summed E-state index contributed by atoms with van der Waals surface area (Å²) >= 11 is 0. The molecule has 0 radical (unpaired) electrons. The van der Waals surface area contributed by atoms with Gasteiger partial charge in [-0.15, -0.1) is 0 Å². The van der Waals surface area contributed by atoms with Crippen molar-refractivity contribution in [2.24, 2.45) is 0 Å². The third-order valence-electron chi connectivity index (χ3n) is 4.30. The molecule has 2 aliphatic rings. The van der Waals surface area contributed by atoms with E-state index in [0.717, 1.165) is 38.3 Å². The van der Waals surface area contributed by atoms with Crippen molar-refractivity contribution in [3.05, 3.63) is 29.3 Å². The number of aryl methyl sites for hydroxylation is 1. The molecule has 0 spiro atoms. The fraction of sp³-hybridized carbons (Fsp3) is 0.625. The van der Waals surface area contributed by atoms with Gasteiger partial charge in [0.2, 0.25) is 0 Å². The third-order valence-corrected chi connectivity index (χ3v) is 4.30. The van der Waals surface area contributed by atoms with E-state index >= 15 is 0 Å². The maximum absolute atomic E-state index is 5.54. The zero-order valence-electron chi connectivity index (χ0n) is 11.9. The summed E-state index contributed by atoms with van der Waals surface area (Å²) in [4.78, 5) is 2.47. The predicted molar refractivity (Wildman–Crippen MR) is 75.8 cm³/mol. The number of nitrogens with zero attached hydrogens (tertiary/aromatic N) is 1. The number of hydrogen-bond acceptors (Lipinski definition) is 3. The Morgan fingerprint density at radius 2 is 2.21 bits per heavy atom. The van der Waals surface area contributed by atoms with E-state index < -0.39 is 0 Å². The lowest BCUT2D eigenvalue weighted by Crippen LogP contribution is -2.60. The quantitative estimate of drug-likeness (QED) is 0.811. The lowest BCUT2D eigenvalue weighted by atomic mass is 9.96. The summed E-state index contributed by atoms with van der Waals surface area (Å²) in [5, 5.41) is 0. The first kappa shape index (κ1) is 12.9. The van der Waals surface area contributed by atoms with Crippen LogP contribution in [-0.2, 0) is 17.6 Å². The minimum absolute atomic E-state index is 0.102.